The van der Waals surface area contributed by atoms with Crippen molar-refractivity contribution in [3.63, 3.8) is 0 Å². The Morgan fingerprint density at radius 3 is 2.00 bits per heavy atom. The molecule has 0 atom stereocenters. The number of aromatic nitrogens is 2. The quantitative estimate of drug-likeness (QED) is 0.874. The van der Waals surface area contributed by atoms with E-state index in [1.54, 1.807) is 0 Å². The zero-order valence-electron chi connectivity index (χ0n) is 8.22. The lowest BCUT2D eigenvalue weighted by atomic mass is 10.3. The SMILES string of the molecule is Fc1cc(Br)cc(F)c1Nc1ncc(Br)cn1. The number of hydrogen-bond acceptors (Lipinski definition) is 3. The maximum atomic E-state index is 13.5. The smallest absolute Gasteiger partial charge is 0.227 e. The van der Waals surface area contributed by atoms with Crippen LogP contribution in [0.4, 0.5) is 20.4 Å². The van der Waals surface area contributed by atoms with Crippen molar-refractivity contribution in [2.45, 2.75) is 0 Å². The molecule has 17 heavy (non-hydrogen) atoms. The van der Waals surface area contributed by atoms with Gasteiger partial charge in [0.25, 0.3) is 0 Å². The van der Waals surface area contributed by atoms with Gasteiger partial charge in [-0.05, 0) is 28.1 Å². The van der Waals surface area contributed by atoms with Gasteiger partial charge in [-0.1, -0.05) is 15.9 Å². The van der Waals surface area contributed by atoms with Crippen LogP contribution in [0.25, 0.3) is 0 Å². The van der Waals surface area contributed by atoms with Crippen LogP contribution < -0.4 is 5.32 Å². The molecule has 2 rings (SSSR count). The van der Waals surface area contributed by atoms with Gasteiger partial charge >= 0.3 is 0 Å². The van der Waals surface area contributed by atoms with Crippen LogP contribution in [-0.4, -0.2) is 9.97 Å². The average molecular weight is 365 g/mol. The molecule has 0 spiro atoms. The Morgan fingerprint density at radius 1 is 0.941 bits per heavy atom. The number of nitrogens with zero attached hydrogens (tertiary/aromatic N) is 2. The summed E-state index contributed by atoms with van der Waals surface area (Å²) in [5, 5.41) is 2.48. The van der Waals surface area contributed by atoms with Gasteiger partial charge in [0, 0.05) is 16.9 Å². The minimum absolute atomic E-state index is 0.119. The summed E-state index contributed by atoms with van der Waals surface area (Å²) in [7, 11) is 0. The van der Waals surface area contributed by atoms with Crippen LogP contribution in [0, 0.1) is 11.6 Å². The molecule has 3 nitrogen and oxygen atoms in total. The summed E-state index contributed by atoms with van der Waals surface area (Å²) in [6, 6.07) is 2.31. The second-order valence-corrected chi connectivity index (χ2v) is 4.93. The standard InChI is InChI=1S/C10H5Br2F2N3/c11-5-1-7(13)9(8(14)2-5)17-10-15-3-6(12)4-16-10/h1-4H,(H,15,16,17). The lowest BCUT2D eigenvalue weighted by Gasteiger charge is -2.07. The van der Waals surface area contributed by atoms with E-state index in [4.69, 9.17) is 0 Å². The summed E-state index contributed by atoms with van der Waals surface area (Å²) in [6.45, 7) is 0. The Morgan fingerprint density at radius 2 is 1.47 bits per heavy atom. The van der Waals surface area contributed by atoms with E-state index in [1.807, 2.05) is 0 Å². The van der Waals surface area contributed by atoms with E-state index in [2.05, 4.69) is 47.1 Å². The van der Waals surface area contributed by atoms with E-state index in [9.17, 15) is 8.78 Å². The fourth-order valence-electron chi connectivity index (χ4n) is 1.15. The maximum absolute atomic E-state index is 13.5. The molecule has 0 saturated carbocycles. The Hall–Kier alpha value is -1.08. The van der Waals surface area contributed by atoms with Gasteiger partial charge < -0.3 is 5.32 Å². The second kappa shape index (κ2) is 5.05. The highest BCUT2D eigenvalue weighted by Crippen LogP contribution is 2.25. The Balaban J connectivity index is 2.33. The van der Waals surface area contributed by atoms with Crippen molar-refractivity contribution in [3.05, 3.63) is 45.1 Å². The van der Waals surface area contributed by atoms with E-state index >= 15 is 0 Å². The molecular formula is C10H5Br2F2N3. The monoisotopic (exact) mass is 363 g/mol. The first-order valence-corrected chi connectivity index (χ1v) is 6.04. The van der Waals surface area contributed by atoms with Crippen LogP contribution in [0.5, 0.6) is 0 Å². The lowest BCUT2D eigenvalue weighted by molar-refractivity contribution is 0.589. The van der Waals surface area contributed by atoms with Crippen LogP contribution in [0.2, 0.25) is 0 Å². The minimum atomic E-state index is -0.719. The highest BCUT2D eigenvalue weighted by atomic mass is 79.9. The molecule has 88 valence electrons. The molecule has 0 radical (unpaired) electrons. The third-order valence-corrected chi connectivity index (χ3v) is 2.73. The van der Waals surface area contributed by atoms with Crippen molar-refractivity contribution in [2.75, 3.05) is 5.32 Å². The number of halogens is 4. The van der Waals surface area contributed by atoms with Crippen LogP contribution in [0.15, 0.2) is 33.5 Å². The topological polar surface area (TPSA) is 37.8 Å². The van der Waals surface area contributed by atoms with Gasteiger partial charge in [0.1, 0.15) is 5.69 Å². The van der Waals surface area contributed by atoms with Gasteiger partial charge in [0.05, 0.1) is 4.47 Å². The molecule has 0 bridgehead atoms. The first kappa shape index (κ1) is 12.4. The van der Waals surface area contributed by atoms with Crippen LogP contribution in [-0.2, 0) is 0 Å². The summed E-state index contributed by atoms with van der Waals surface area (Å²) < 4.78 is 28.0. The maximum Gasteiger partial charge on any atom is 0.227 e. The second-order valence-electron chi connectivity index (χ2n) is 3.09. The highest BCUT2D eigenvalue weighted by molar-refractivity contribution is 9.10. The fourth-order valence-corrected chi connectivity index (χ4v) is 1.76. The lowest BCUT2D eigenvalue weighted by Crippen LogP contribution is -2.01. The van der Waals surface area contributed by atoms with Gasteiger partial charge in [-0.15, -0.1) is 0 Å². The molecule has 0 aliphatic carbocycles. The number of hydrogen-bond donors (Lipinski definition) is 1. The number of benzene rings is 1. The van der Waals surface area contributed by atoms with E-state index in [0.29, 0.717) is 8.95 Å². The summed E-state index contributed by atoms with van der Waals surface area (Å²) in [5.41, 5.74) is -0.282. The van der Waals surface area contributed by atoms with Crippen molar-refractivity contribution < 1.29 is 8.78 Å². The Kier molecular flexibility index (Phi) is 3.68. The molecule has 0 unspecified atom stereocenters. The highest BCUT2D eigenvalue weighted by Gasteiger charge is 2.11. The molecule has 0 aliphatic heterocycles. The van der Waals surface area contributed by atoms with E-state index in [0.717, 1.165) is 12.1 Å². The zero-order chi connectivity index (χ0) is 12.4. The number of rotatable bonds is 2. The van der Waals surface area contributed by atoms with Crippen LogP contribution in [0.3, 0.4) is 0 Å². The Bertz CT molecular complexity index is 523. The first-order valence-electron chi connectivity index (χ1n) is 4.45. The van der Waals surface area contributed by atoms with Gasteiger partial charge in [0.15, 0.2) is 11.6 Å². The largest absolute Gasteiger partial charge is 0.319 e. The van der Waals surface area contributed by atoms with Gasteiger partial charge in [0.2, 0.25) is 5.95 Å². The molecule has 0 saturated heterocycles. The third kappa shape index (κ3) is 2.98. The summed E-state index contributed by atoms with van der Waals surface area (Å²) in [4.78, 5) is 7.73. The fraction of sp³-hybridized carbons (Fsp3) is 0. The molecule has 1 aromatic heterocycles. The molecule has 7 heteroatoms. The van der Waals surface area contributed by atoms with Gasteiger partial charge in [-0.25, -0.2) is 18.7 Å². The van der Waals surface area contributed by atoms with Crippen molar-refractivity contribution in [3.8, 4) is 0 Å². The van der Waals surface area contributed by atoms with E-state index in [-0.39, 0.29) is 11.6 Å². The van der Waals surface area contributed by atoms with Gasteiger partial charge in [-0.3, -0.25) is 0 Å². The molecule has 1 heterocycles. The van der Waals surface area contributed by atoms with Crippen molar-refractivity contribution in [1.29, 1.82) is 0 Å². The molecule has 2 aromatic rings. The predicted molar refractivity (Wildman–Crippen MR) is 67.1 cm³/mol. The first-order chi connectivity index (χ1) is 8.06. The molecule has 0 fully saturated rings. The third-order valence-electron chi connectivity index (χ3n) is 1.86. The normalized spacial score (nSPS) is 10.4. The zero-order valence-corrected chi connectivity index (χ0v) is 11.4. The molecule has 0 amide bonds. The van der Waals surface area contributed by atoms with Crippen LogP contribution >= 0.6 is 31.9 Å². The summed E-state index contributed by atoms with van der Waals surface area (Å²) >= 11 is 6.16. The minimum Gasteiger partial charge on any atom is -0.319 e. The molecule has 0 aliphatic rings. The predicted octanol–water partition coefficient (Wildman–Crippen LogP) is 4.02. The summed E-state index contributed by atoms with van der Waals surface area (Å²) in [5.74, 6) is -1.32. The number of nitrogens with one attached hydrogen (secondary N) is 1. The van der Waals surface area contributed by atoms with Gasteiger partial charge in [-0.2, -0.15) is 0 Å². The van der Waals surface area contributed by atoms with Crippen molar-refractivity contribution >= 4 is 43.5 Å². The van der Waals surface area contributed by atoms with Crippen molar-refractivity contribution in [2.24, 2.45) is 0 Å². The molecular weight excluding hydrogens is 360 g/mol. The average Bonchev–Trinajstić information content (AvgIpc) is 2.26. The van der Waals surface area contributed by atoms with Crippen LogP contribution in [0.1, 0.15) is 0 Å². The number of anilines is 2. The van der Waals surface area contributed by atoms with E-state index in [1.165, 1.54) is 12.4 Å². The van der Waals surface area contributed by atoms with E-state index < -0.39 is 11.6 Å². The van der Waals surface area contributed by atoms with Crippen molar-refractivity contribution in [1.82, 2.24) is 9.97 Å². The Labute approximate surface area is 113 Å². The molecule has 1 aromatic carbocycles. The molecule has 1 N–H and O–H groups in total. The summed E-state index contributed by atoms with van der Waals surface area (Å²) in [6.07, 6.45) is 2.95.